The molecule has 2 heterocycles. The zero-order valence-electron chi connectivity index (χ0n) is 22.7. The number of hydrogen-bond donors (Lipinski definition) is 0. The maximum atomic E-state index is 12.9. The molecule has 0 N–H and O–H groups in total. The minimum atomic E-state index is -0.568. The molecule has 0 amide bonds. The van der Waals surface area contributed by atoms with Crippen molar-refractivity contribution in [2.75, 3.05) is 29.5 Å². The third kappa shape index (κ3) is 5.37. The van der Waals surface area contributed by atoms with Crippen LogP contribution in [0.3, 0.4) is 0 Å². The van der Waals surface area contributed by atoms with Gasteiger partial charge in [0.25, 0.3) is 5.95 Å². The number of carbonyl (C=O) groups is 1. The van der Waals surface area contributed by atoms with Crippen LogP contribution in [0.5, 0.6) is 0 Å². The Morgan fingerprint density at radius 3 is 1.70 bits per heavy atom. The number of aromatic nitrogens is 6. The van der Waals surface area contributed by atoms with Gasteiger partial charge in [0.15, 0.2) is 5.69 Å². The quantitative estimate of drug-likeness (QED) is 0.211. The Morgan fingerprint density at radius 1 is 0.725 bits per heavy atom. The van der Waals surface area contributed by atoms with Crippen molar-refractivity contribution in [1.82, 2.24) is 29.9 Å². The highest BCUT2D eigenvalue weighted by Crippen LogP contribution is 2.30. The molecule has 0 aliphatic carbocycles. The van der Waals surface area contributed by atoms with E-state index in [-0.39, 0.29) is 18.2 Å². The minimum absolute atomic E-state index is 0.0855. The maximum absolute atomic E-state index is 12.9. The molecular weight excluding hydrogens is 504 g/mol. The van der Waals surface area contributed by atoms with E-state index >= 15 is 0 Å². The molecule has 5 rings (SSSR count). The van der Waals surface area contributed by atoms with Crippen molar-refractivity contribution in [1.29, 1.82) is 0 Å². The van der Waals surface area contributed by atoms with Crippen LogP contribution in [-0.2, 0) is 4.74 Å². The molecule has 0 radical (unpaired) electrons. The Bertz CT molecular complexity index is 1490. The van der Waals surface area contributed by atoms with Crippen molar-refractivity contribution >= 4 is 29.2 Å². The third-order valence-corrected chi connectivity index (χ3v) is 6.23. The molecule has 202 valence electrons. The first-order chi connectivity index (χ1) is 19.6. The molecule has 0 aliphatic heterocycles. The van der Waals surface area contributed by atoms with Crippen molar-refractivity contribution in [3.8, 4) is 17.2 Å². The second kappa shape index (κ2) is 12.2. The average molecular weight is 535 g/mol. The van der Waals surface area contributed by atoms with Crippen LogP contribution in [0.2, 0.25) is 0 Å². The summed E-state index contributed by atoms with van der Waals surface area (Å²) >= 11 is 0. The summed E-state index contributed by atoms with van der Waals surface area (Å²) in [5, 5.41) is 8.54. The molecule has 0 unspecified atom stereocenters. The van der Waals surface area contributed by atoms with Crippen LogP contribution in [0.1, 0.15) is 31.3 Å². The normalized spacial score (nSPS) is 10.8. The second-order valence-corrected chi connectivity index (χ2v) is 8.68. The summed E-state index contributed by atoms with van der Waals surface area (Å²) in [6.45, 7) is 7.26. The van der Waals surface area contributed by atoms with Crippen LogP contribution in [0, 0.1) is 0 Å². The second-order valence-electron chi connectivity index (χ2n) is 8.68. The van der Waals surface area contributed by atoms with Crippen LogP contribution >= 0.6 is 0 Å². The summed E-state index contributed by atoms with van der Waals surface area (Å²) in [6, 6.07) is 29.3. The lowest BCUT2D eigenvalue weighted by atomic mass is 10.1. The van der Waals surface area contributed by atoms with Crippen molar-refractivity contribution in [2.24, 2.45) is 0 Å². The van der Waals surface area contributed by atoms with Gasteiger partial charge in [-0.2, -0.15) is 19.6 Å². The number of benzene rings is 3. The van der Waals surface area contributed by atoms with E-state index in [9.17, 15) is 4.79 Å². The van der Waals surface area contributed by atoms with E-state index in [4.69, 9.17) is 19.7 Å². The summed E-state index contributed by atoms with van der Waals surface area (Å²) in [5.74, 6) is 0.539. The summed E-state index contributed by atoms with van der Waals surface area (Å²) in [5.41, 5.74) is 3.12. The highest BCUT2D eigenvalue weighted by atomic mass is 16.5. The molecule has 0 aliphatic rings. The van der Waals surface area contributed by atoms with E-state index in [1.807, 2.05) is 115 Å². The van der Waals surface area contributed by atoms with Gasteiger partial charge in [0.1, 0.15) is 5.69 Å². The van der Waals surface area contributed by atoms with E-state index in [0.29, 0.717) is 30.7 Å². The maximum Gasteiger partial charge on any atom is 0.361 e. The van der Waals surface area contributed by atoms with Crippen molar-refractivity contribution in [2.45, 2.75) is 20.8 Å². The zero-order valence-corrected chi connectivity index (χ0v) is 22.7. The van der Waals surface area contributed by atoms with E-state index in [0.717, 1.165) is 16.9 Å². The molecule has 0 saturated carbocycles. The fourth-order valence-electron chi connectivity index (χ4n) is 4.39. The number of rotatable bonds is 10. The first-order valence-electron chi connectivity index (χ1n) is 13.2. The van der Waals surface area contributed by atoms with Gasteiger partial charge in [-0.1, -0.05) is 71.9 Å². The lowest BCUT2D eigenvalue weighted by Gasteiger charge is -2.25. The van der Waals surface area contributed by atoms with Crippen molar-refractivity contribution in [3.05, 3.63) is 96.7 Å². The monoisotopic (exact) mass is 534 g/mol. The average Bonchev–Trinajstić information content (AvgIpc) is 3.45. The number of ether oxygens (including phenoxy) is 1. The number of esters is 1. The molecule has 0 fully saturated rings. The largest absolute Gasteiger partial charge is 0.461 e. The smallest absolute Gasteiger partial charge is 0.361 e. The fraction of sp³-hybridized carbons (Fsp3) is 0.200. The Morgan fingerprint density at radius 2 is 1.23 bits per heavy atom. The molecule has 10 nitrogen and oxygen atoms in total. The molecule has 0 bridgehead atoms. The van der Waals surface area contributed by atoms with E-state index in [1.165, 1.54) is 4.68 Å². The van der Waals surface area contributed by atoms with E-state index in [2.05, 4.69) is 10.3 Å². The molecule has 40 heavy (non-hydrogen) atoms. The number of nitrogens with zero attached hydrogens (tertiary/aromatic N) is 8. The topological polar surface area (TPSA) is 102 Å². The molecule has 3 aromatic carbocycles. The number of hydrogen-bond acceptors (Lipinski definition) is 9. The van der Waals surface area contributed by atoms with Gasteiger partial charge < -0.3 is 14.5 Å². The standard InChI is InChI=1S/C30H30N8O2/c1-4-36(23-18-12-8-13-19-23)28-31-29(37(5-2)24-20-14-9-15-21-24)33-30(32-28)38-26(22-16-10-7-11-17-22)25(34-35-38)27(39)40-6-3/h7-21H,4-6H2,1-3H3. The van der Waals surface area contributed by atoms with Crippen LogP contribution in [-0.4, -0.2) is 55.6 Å². The highest BCUT2D eigenvalue weighted by Gasteiger charge is 2.26. The number of para-hydroxylation sites is 2. The predicted octanol–water partition coefficient (Wildman–Crippen LogP) is 5.61. The Balaban J connectivity index is 1.74. The van der Waals surface area contributed by atoms with Gasteiger partial charge in [-0.15, -0.1) is 5.10 Å². The Labute approximate surface area is 232 Å². The van der Waals surface area contributed by atoms with Gasteiger partial charge in [0.2, 0.25) is 11.9 Å². The predicted molar refractivity (Wildman–Crippen MR) is 154 cm³/mol. The van der Waals surface area contributed by atoms with Gasteiger partial charge in [-0.3, -0.25) is 0 Å². The molecular formula is C30H30N8O2. The zero-order chi connectivity index (χ0) is 27.9. The lowest BCUT2D eigenvalue weighted by Crippen LogP contribution is -2.25. The molecule has 0 spiro atoms. The SMILES string of the molecule is CCOC(=O)c1nnn(-c2nc(N(CC)c3ccccc3)nc(N(CC)c3ccccc3)n2)c1-c1ccccc1. The fourth-order valence-corrected chi connectivity index (χ4v) is 4.39. The Kier molecular flexibility index (Phi) is 8.05. The Hall–Kier alpha value is -5.12. The van der Waals surface area contributed by atoms with Crippen molar-refractivity contribution < 1.29 is 9.53 Å². The minimum Gasteiger partial charge on any atom is -0.461 e. The molecule has 10 heteroatoms. The van der Waals surface area contributed by atoms with E-state index in [1.54, 1.807) is 6.92 Å². The van der Waals surface area contributed by atoms with E-state index < -0.39 is 5.97 Å². The summed E-state index contributed by atoms with van der Waals surface area (Å²) in [4.78, 5) is 31.5. The molecule has 5 aromatic rings. The van der Waals surface area contributed by atoms with Gasteiger partial charge in [0.05, 0.1) is 6.61 Å². The van der Waals surface area contributed by atoms with Crippen molar-refractivity contribution in [3.63, 3.8) is 0 Å². The molecule has 0 atom stereocenters. The van der Waals surface area contributed by atoms with Gasteiger partial charge in [-0.05, 0) is 45.0 Å². The van der Waals surface area contributed by atoms with Crippen LogP contribution in [0.15, 0.2) is 91.0 Å². The molecule has 0 saturated heterocycles. The van der Waals surface area contributed by atoms with Gasteiger partial charge in [0, 0.05) is 30.0 Å². The summed E-state index contributed by atoms with van der Waals surface area (Å²) in [7, 11) is 0. The van der Waals surface area contributed by atoms with Gasteiger partial charge in [-0.25, -0.2) is 4.79 Å². The van der Waals surface area contributed by atoms with Crippen LogP contribution in [0.4, 0.5) is 23.3 Å². The summed E-state index contributed by atoms with van der Waals surface area (Å²) < 4.78 is 6.77. The van der Waals surface area contributed by atoms with Crippen LogP contribution in [0.25, 0.3) is 17.2 Å². The lowest BCUT2D eigenvalue weighted by molar-refractivity contribution is 0.0520. The first kappa shape index (κ1) is 26.5. The third-order valence-electron chi connectivity index (χ3n) is 6.23. The van der Waals surface area contributed by atoms with Gasteiger partial charge >= 0.3 is 5.97 Å². The highest BCUT2D eigenvalue weighted by molar-refractivity contribution is 5.94. The number of carbonyl (C=O) groups excluding carboxylic acids is 1. The summed E-state index contributed by atoms with van der Waals surface area (Å²) in [6.07, 6.45) is 0. The molecule has 2 aromatic heterocycles. The van der Waals surface area contributed by atoms with Crippen LogP contribution < -0.4 is 9.80 Å². The first-order valence-corrected chi connectivity index (χ1v) is 13.2. The number of anilines is 4.